The zero-order chi connectivity index (χ0) is 25.1. The third-order valence-electron chi connectivity index (χ3n) is 5.20. The van der Waals surface area contributed by atoms with Crippen molar-refractivity contribution in [2.75, 3.05) is 17.1 Å². The Balaban J connectivity index is 1.87. The molecule has 0 radical (unpaired) electrons. The molecule has 0 aliphatic rings. The van der Waals surface area contributed by atoms with Crippen molar-refractivity contribution < 1.29 is 26.0 Å². The van der Waals surface area contributed by atoms with Gasteiger partial charge in [-0.05, 0) is 55.8 Å². The van der Waals surface area contributed by atoms with Gasteiger partial charge in [0.25, 0.3) is 10.0 Å². The summed E-state index contributed by atoms with van der Waals surface area (Å²) in [5.41, 5.74) is 1.23. The zero-order valence-electron chi connectivity index (χ0n) is 18.9. The van der Waals surface area contributed by atoms with Gasteiger partial charge in [0.05, 0.1) is 21.5 Å². The Kier molecular flexibility index (Phi) is 7.42. The summed E-state index contributed by atoms with van der Waals surface area (Å²) in [6.45, 7) is 2.83. The van der Waals surface area contributed by atoms with Crippen LogP contribution in [-0.2, 0) is 24.7 Å². The van der Waals surface area contributed by atoms with E-state index >= 15 is 0 Å². The molecule has 3 aromatic rings. The van der Waals surface area contributed by atoms with Gasteiger partial charge in [0.15, 0.2) is 9.84 Å². The van der Waals surface area contributed by atoms with Crippen LogP contribution in [0, 0.1) is 12.7 Å². The second kappa shape index (κ2) is 9.94. The summed E-state index contributed by atoms with van der Waals surface area (Å²) in [6.07, 6.45) is 1.10. The highest BCUT2D eigenvalue weighted by Gasteiger charge is 2.29. The number of hydrogen-bond donors (Lipinski definition) is 1. The fourth-order valence-corrected chi connectivity index (χ4v) is 5.35. The molecular formula is C24H25FN2O5S2. The fourth-order valence-electron chi connectivity index (χ4n) is 3.30. The number of halogens is 1. The Morgan fingerprint density at radius 2 is 1.47 bits per heavy atom. The van der Waals surface area contributed by atoms with E-state index in [1.54, 1.807) is 31.2 Å². The lowest BCUT2D eigenvalue weighted by Gasteiger charge is -2.25. The molecule has 1 atom stereocenters. The van der Waals surface area contributed by atoms with Crippen LogP contribution in [0.4, 0.5) is 10.1 Å². The molecular weight excluding hydrogens is 479 g/mol. The Morgan fingerprint density at radius 1 is 0.912 bits per heavy atom. The van der Waals surface area contributed by atoms with Crippen molar-refractivity contribution in [2.24, 2.45) is 0 Å². The zero-order valence-corrected chi connectivity index (χ0v) is 20.5. The van der Waals surface area contributed by atoms with Crippen LogP contribution in [0.25, 0.3) is 0 Å². The highest BCUT2D eigenvalue weighted by atomic mass is 32.2. The van der Waals surface area contributed by atoms with Gasteiger partial charge in [-0.1, -0.05) is 42.0 Å². The van der Waals surface area contributed by atoms with E-state index in [4.69, 9.17) is 0 Å². The Hall–Kier alpha value is -3.24. The first kappa shape index (κ1) is 25.4. The summed E-state index contributed by atoms with van der Waals surface area (Å²) in [5.74, 6) is -1.44. The number of nitrogens with zero attached hydrogens (tertiary/aromatic N) is 1. The lowest BCUT2D eigenvalue weighted by atomic mass is 10.1. The van der Waals surface area contributed by atoms with Crippen molar-refractivity contribution in [3.05, 3.63) is 89.7 Å². The lowest BCUT2D eigenvalue weighted by Crippen LogP contribution is -2.42. The minimum absolute atomic E-state index is 0.0708. The largest absolute Gasteiger partial charge is 0.348 e. The molecule has 10 heteroatoms. The fraction of sp³-hybridized carbons (Fsp3) is 0.208. The molecule has 180 valence electrons. The van der Waals surface area contributed by atoms with Gasteiger partial charge >= 0.3 is 0 Å². The van der Waals surface area contributed by atoms with E-state index in [0.717, 1.165) is 22.2 Å². The maximum atomic E-state index is 14.6. The van der Waals surface area contributed by atoms with Crippen LogP contribution in [-0.4, -0.2) is 35.5 Å². The predicted molar refractivity (Wildman–Crippen MR) is 128 cm³/mol. The Morgan fingerprint density at radius 3 is 2.03 bits per heavy atom. The number of anilines is 1. The highest BCUT2D eigenvalue weighted by molar-refractivity contribution is 7.93. The van der Waals surface area contributed by atoms with E-state index in [-0.39, 0.29) is 15.5 Å². The number of aryl methyl sites for hydroxylation is 1. The first-order chi connectivity index (χ1) is 15.9. The summed E-state index contributed by atoms with van der Waals surface area (Å²) >= 11 is 0. The second-order valence-electron chi connectivity index (χ2n) is 7.91. The van der Waals surface area contributed by atoms with E-state index in [9.17, 15) is 26.0 Å². The number of sulfone groups is 1. The minimum Gasteiger partial charge on any atom is -0.348 e. The third kappa shape index (κ3) is 5.81. The minimum atomic E-state index is -4.25. The molecule has 0 saturated heterocycles. The topological polar surface area (TPSA) is 101 Å². The molecule has 0 bridgehead atoms. The molecule has 0 spiro atoms. The van der Waals surface area contributed by atoms with Gasteiger partial charge in [0, 0.05) is 6.26 Å². The van der Waals surface area contributed by atoms with Crippen molar-refractivity contribution >= 4 is 31.5 Å². The SMILES string of the molecule is Cc1ccc(S(=O)(=O)N(CC(=O)N[C@H](C)c2ccc(S(C)(=O)=O)cc2)c2ccccc2F)cc1. The molecule has 0 saturated carbocycles. The van der Waals surface area contributed by atoms with E-state index in [2.05, 4.69) is 5.32 Å². The van der Waals surface area contributed by atoms with Gasteiger partial charge in [-0.15, -0.1) is 0 Å². The number of rotatable bonds is 8. The van der Waals surface area contributed by atoms with Gasteiger partial charge in [0.1, 0.15) is 12.4 Å². The Labute approximate surface area is 199 Å². The van der Waals surface area contributed by atoms with Crippen molar-refractivity contribution in [1.29, 1.82) is 0 Å². The maximum Gasteiger partial charge on any atom is 0.264 e. The number of sulfonamides is 1. The number of benzene rings is 3. The van der Waals surface area contributed by atoms with Crippen molar-refractivity contribution in [2.45, 2.75) is 29.7 Å². The van der Waals surface area contributed by atoms with E-state index in [1.807, 2.05) is 6.92 Å². The van der Waals surface area contributed by atoms with Crippen LogP contribution >= 0.6 is 0 Å². The van der Waals surface area contributed by atoms with Crippen LogP contribution in [0.5, 0.6) is 0 Å². The van der Waals surface area contributed by atoms with E-state index in [1.165, 1.54) is 42.5 Å². The Bertz CT molecular complexity index is 1390. The molecule has 0 aromatic heterocycles. The van der Waals surface area contributed by atoms with Gasteiger partial charge < -0.3 is 5.32 Å². The van der Waals surface area contributed by atoms with Crippen molar-refractivity contribution in [3.8, 4) is 0 Å². The molecule has 1 N–H and O–H groups in total. The summed E-state index contributed by atoms with van der Waals surface area (Å²) in [4.78, 5) is 12.9. The van der Waals surface area contributed by atoms with Gasteiger partial charge in [0.2, 0.25) is 5.91 Å². The average molecular weight is 505 g/mol. The third-order valence-corrected chi connectivity index (χ3v) is 8.11. The summed E-state index contributed by atoms with van der Waals surface area (Å²) in [7, 11) is -7.61. The second-order valence-corrected chi connectivity index (χ2v) is 11.8. The first-order valence-corrected chi connectivity index (χ1v) is 13.7. The highest BCUT2D eigenvalue weighted by Crippen LogP contribution is 2.26. The molecule has 0 fully saturated rings. The van der Waals surface area contributed by atoms with Gasteiger partial charge in [-0.3, -0.25) is 9.10 Å². The number of carbonyl (C=O) groups is 1. The van der Waals surface area contributed by atoms with Crippen LogP contribution < -0.4 is 9.62 Å². The monoisotopic (exact) mass is 504 g/mol. The van der Waals surface area contributed by atoms with Crippen LogP contribution in [0.3, 0.4) is 0 Å². The molecule has 7 nitrogen and oxygen atoms in total. The molecule has 0 aliphatic heterocycles. The molecule has 0 unspecified atom stereocenters. The molecule has 34 heavy (non-hydrogen) atoms. The molecule has 0 aliphatic carbocycles. The van der Waals surface area contributed by atoms with Crippen LogP contribution in [0.1, 0.15) is 24.1 Å². The predicted octanol–water partition coefficient (Wildman–Crippen LogP) is 3.61. The lowest BCUT2D eigenvalue weighted by molar-refractivity contribution is -0.120. The number of amides is 1. The normalized spacial score (nSPS) is 12.7. The average Bonchev–Trinajstić information content (AvgIpc) is 2.78. The smallest absolute Gasteiger partial charge is 0.264 e. The molecule has 0 heterocycles. The van der Waals surface area contributed by atoms with Crippen LogP contribution in [0.15, 0.2) is 82.6 Å². The maximum absolute atomic E-state index is 14.6. The number of hydrogen-bond acceptors (Lipinski definition) is 5. The molecule has 1 amide bonds. The quantitative estimate of drug-likeness (QED) is 0.505. The number of nitrogens with one attached hydrogen (secondary N) is 1. The summed E-state index contributed by atoms with van der Waals surface area (Å²) < 4.78 is 65.3. The molecule has 3 rings (SSSR count). The van der Waals surface area contributed by atoms with E-state index < -0.39 is 44.2 Å². The van der Waals surface area contributed by atoms with Crippen LogP contribution in [0.2, 0.25) is 0 Å². The van der Waals surface area contributed by atoms with Crippen molar-refractivity contribution in [1.82, 2.24) is 5.32 Å². The standard InChI is InChI=1S/C24H25FN2O5S2/c1-17-8-12-21(13-9-17)34(31,32)27(23-7-5-4-6-22(23)25)16-24(28)26-18(2)19-10-14-20(15-11-19)33(3,29)30/h4-15,18H,16H2,1-3H3,(H,26,28)/t18-/m1/s1. The van der Waals surface area contributed by atoms with Gasteiger partial charge in [-0.25, -0.2) is 21.2 Å². The number of para-hydroxylation sites is 1. The summed E-state index contributed by atoms with van der Waals surface area (Å²) in [6, 6.07) is 16.8. The number of carbonyl (C=O) groups excluding carboxylic acids is 1. The molecule has 3 aromatic carbocycles. The van der Waals surface area contributed by atoms with Gasteiger partial charge in [-0.2, -0.15) is 0 Å². The van der Waals surface area contributed by atoms with Crippen molar-refractivity contribution in [3.63, 3.8) is 0 Å². The summed E-state index contributed by atoms with van der Waals surface area (Å²) in [5, 5.41) is 2.69. The van der Waals surface area contributed by atoms with E-state index in [0.29, 0.717) is 5.56 Å². The first-order valence-electron chi connectivity index (χ1n) is 10.3.